The number of carbonyl (C=O) groups excluding carboxylic acids is 1. The van der Waals surface area contributed by atoms with Crippen molar-refractivity contribution in [3.63, 3.8) is 0 Å². The molecular weight excluding hydrogens is 184 g/mol. The van der Waals surface area contributed by atoms with Gasteiger partial charge in [-0.25, -0.2) is 0 Å². The molecule has 0 aliphatic rings. The van der Waals surface area contributed by atoms with E-state index < -0.39 is 0 Å². The molecule has 0 unspecified atom stereocenters. The maximum absolute atomic E-state index is 11.4. The van der Waals surface area contributed by atoms with Crippen LogP contribution in [0, 0.1) is 0 Å². The molecule has 0 spiro atoms. The highest BCUT2D eigenvalue weighted by Gasteiger charge is 2.13. The molecule has 0 fully saturated rings. The summed E-state index contributed by atoms with van der Waals surface area (Å²) < 4.78 is 0. The van der Waals surface area contributed by atoms with E-state index in [1.54, 1.807) is 0 Å². The van der Waals surface area contributed by atoms with Gasteiger partial charge in [0.2, 0.25) is 0 Å². The summed E-state index contributed by atoms with van der Waals surface area (Å²) >= 11 is 1.45. The van der Waals surface area contributed by atoms with Crippen LogP contribution >= 0.6 is 11.3 Å². The van der Waals surface area contributed by atoms with Crippen LogP contribution in [0.15, 0.2) is 6.07 Å². The lowest BCUT2D eigenvalue weighted by Crippen LogP contribution is -2.05. The third kappa shape index (κ3) is 2.01. The zero-order valence-corrected chi connectivity index (χ0v) is 8.94. The number of hydrogen-bond acceptors (Lipinski definition) is 4. The van der Waals surface area contributed by atoms with Crippen LogP contribution in [0.1, 0.15) is 23.0 Å². The van der Waals surface area contributed by atoms with Gasteiger partial charge in [-0.05, 0) is 6.07 Å². The Kier molecular flexibility index (Phi) is 2.93. The van der Waals surface area contributed by atoms with Crippen LogP contribution in [0.4, 0.5) is 10.7 Å². The standard InChI is InChI=1S/C9H14N2OS/c1-4-7(12)9-6(10)5-8(13-9)11(2)3/h5H,4,10H2,1-3H3. The first-order chi connectivity index (χ1) is 6.06. The topological polar surface area (TPSA) is 46.3 Å². The molecule has 72 valence electrons. The lowest BCUT2D eigenvalue weighted by atomic mass is 10.2. The summed E-state index contributed by atoms with van der Waals surface area (Å²) in [6, 6.07) is 1.84. The highest BCUT2D eigenvalue weighted by Crippen LogP contribution is 2.31. The highest BCUT2D eigenvalue weighted by atomic mass is 32.1. The third-order valence-electron chi connectivity index (χ3n) is 1.76. The number of thiophene rings is 1. The third-order valence-corrected chi connectivity index (χ3v) is 3.12. The second kappa shape index (κ2) is 3.79. The summed E-state index contributed by atoms with van der Waals surface area (Å²) in [6.45, 7) is 1.84. The first kappa shape index (κ1) is 10.1. The van der Waals surface area contributed by atoms with Crippen LogP contribution in [-0.4, -0.2) is 19.9 Å². The van der Waals surface area contributed by atoms with Crippen LogP contribution in [0.2, 0.25) is 0 Å². The van der Waals surface area contributed by atoms with Gasteiger partial charge < -0.3 is 10.6 Å². The predicted octanol–water partition coefficient (Wildman–Crippen LogP) is 1.99. The highest BCUT2D eigenvalue weighted by molar-refractivity contribution is 7.18. The number of nitrogens with zero attached hydrogens (tertiary/aromatic N) is 1. The smallest absolute Gasteiger partial charge is 0.174 e. The monoisotopic (exact) mass is 198 g/mol. The van der Waals surface area contributed by atoms with E-state index in [2.05, 4.69) is 0 Å². The molecule has 0 bridgehead atoms. The molecular formula is C9H14N2OS. The Bertz CT molecular complexity index is 317. The quantitative estimate of drug-likeness (QED) is 0.755. The fraction of sp³-hybridized carbons (Fsp3) is 0.444. The van der Waals surface area contributed by atoms with E-state index in [-0.39, 0.29) is 5.78 Å². The van der Waals surface area contributed by atoms with Gasteiger partial charge in [0.15, 0.2) is 5.78 Å². The summed E-state index contributed by atoms with van der Waals surface area (Å²) in [4.78, 5) is 14.0. The molecule has 0 saturated heterocycles. The summed E-state index contributed by atoms with van der Waals surface area (Å²) in [7, 11) is 3.87. The maximum Gasteiger partial charge on any atom is 0.174 e. The van der Waals surface area contributed by atoms with Crippen LogP contribution in [-0.2, 0) is 0 Å². The van der Waals surface area contributed by atoms with Crippen LogP contribution in [0.5, 0.6) is 0 Å². The Morgan fingerprint density at radius 2 is 2.23 bits per heavy atom. The molecule has 3 nitrogen and oxygen atoms in total. The van der Waals surface area contributed by atoms with E-state index in [0.29, 0.717) is 17.0 Å². The average Bonchev–Trinajstić information content (AvgIpc) is 2.46. The van der Waals surface area contributed by atoms with E-state index in [1.165, 1.54) is 11.3 Å². The van der Waals surface area contributed by atoms with Crippen molar-refractivity contribution in [1.29, 1.82) is 0 Å². The summed E-state index contributed by atoms with van der Waals surface area (Å²) in [5, 5.41) is 1.02. The summed E-state index contributed by atoms with van der Waals surface area (Å²) in [6.07, 6.45) is 0.511. The summed E-state index contributed by atoms with van der Waals surface area (Å²) in [5.74, 6) is 0.121. The van der Waals surface area contributed by atoms with Gasteiger partial charge >= 0.3 is 0 Å². The number of carbonyl (C=O) groups is 1. The van der Waals surface area contributed by atoms with E-state index in [4.69, 9.17) is 5.73 Å². The van der Waals surface area contributed by atoms with E-state index in [1.807, 2.05) is 32.0 Å². The van der Waals surface area contributed by atoms with Gasteiger partial charge in [-0.2, -0.15) is 0 Å². The lowest BCUT2D eigenvalue weighted by molar-refractivity contribution is 0.0993. The SMILES string of the molecule is CCC(=O)c1sc(N(C)C)cc1N. The number of Topliss-reactive ketones (excluding diaryl/α,β-unsaturated/α-hetero) is 1. The Labute approximate surface area is 82.2 Å². The molecule has 13 heavy (non-hydrogen) atoms. The van der Waals surface area contributed by atoms with Crippen molar-refractivity contribution >= 4 is 27.8 Å². The molecule has 4 heteroatoms. The van der Waals surface area contributed by atoms with Gasteiger partial charge in [0.1, 0.15) is 0 Å². The van der Waals surface area contributed by atoms with Gasteiger partial charge in [-0.3, -0.25) is 4.79 Å². The zero-order valence-electron chi connectivity index (χ0n) is 8.13. The van der Waals surface area contributed by atoms with Crippen molar-refractivity contribution in [2.45, 2.75) is 13.3 Å². The van der Waals surface area contributed by atoms with E-state index in [9.17, 15) is 4.79 Å². The van der Waals surface area contributed by atoms with E-state index >= 15 is 0 Å². The fourth-order valence-corrected chi connectivity index (χ4v) is 2.00. The number of nitrogen functional groups attached to an aromatic ring is 1. The average molecular weight is 198 g/mol. The second-order valence-electron chi connectivity index (χ2n) is 3.04. The molecule has 0 aliphatic heterocycles. The van der Waals surface area contributed by atoms with Crippen molar-refractivity contribution in [2.75, 3.05) is 24.7 Å². The normalized spacial score (nSPS) is 10.1. The largest absolute Gasteiger partial charge is 0.397 e. The molecule has 1 heterocycles. The molecule has 0 atom stereocenters. The molecule has 2 N–H and O–H groups in total. The van der Waals surface area contributed by atoms with Crippen molar-refractivity contribution in [2.24, 2.45) is 0 Å². The minimum Gasteiger partial charge on any atom is -0.397 e. The molecule has 1 aromatic rings. The van der Waals surface area contributed by atoms with Gasteiger partial charge in [0.25, 0.3) is 0 Å². The van der Waals surface area contributed by atoms with Crippen LogP contribution < -0.4 is 10.6 Å². The Morgan fingerprint density at radius 1 is 1.62 bits per heavy atom. The number of anilines is 2. The van der Waals surface area contributed by atoms with Crippen LogP contribution in [0.3, 0.4) is 0 Å². The van der Waals surface area contributed by atoms with E-state index in [0.717, 1.165) is 5.00 Å². The van der Waals surface area contributed by atoms with Gasteiger partial charge in [-0.1, -0.05) is 6.92 Å². The predicted molar refractivity (Wildman–Crippen MR) is 57.7 cm³/mol. The van der Waals surface area contributed by atoms with Crippen LogP contribution in [0.25, 0.3) is 0 Å². The number of nitrogens with two attached hydrogens (primary N) is 1. The van der Waals surface area contributed by atoms with Crippen molar-refractivity contribution in [3.05, 3.63) is 10.9 Å². The van der Waals surface area contributed by atoms with Crippen molar-refractivity contribution in [1.82, 2.24) is 0 Å². The number of hydrogen-bond donors (Lipinski definition) is 1. The lowest BCUT2D eigenvalue weighted by Gasteiger charge is -2.06. The number of ketones is 1. The second-order valence-corrected chi connectivity index (χ2v) is 4.07. The first-order valence-corrected chi connectivity index (χ1v) is 4.97. The molecule has 0 saturated carbocycles. The molecule has 0 aromatic carbocycles. The number of rotatable bonds is 3. The minimum atomic E-state index is 0.121. The van der Waals surface area contributed by atoms with Gasteiger partial charge in [0.05, 0.1) is 15.6 Å². The van der Waals surface area contributed by atoms with Gasteiger partial charge in [-0.15, -0.1) is 11.3 Å². The summed E-state index contributed by atoms with van der Waals surface area (Å²) in [5.41, 5.74) is 6.32. The molecule has 0 aliphatic carbocycles. The Balaban J connectivity index is 3.03. The molecule has 0 amide bonds. The first-order valence-electron chi connectivity index (χ1n) is 4.16. The van der Waals surface area contributed by atoms with Crippen molar-refractivity contribution in [3.8, 4) is 0 Å². The Morgan fingerprint density at radius 3 is 2.62 bits per heavy atom. The Hall–Kier alpha value is -1.03. The minimum absolute atomic E-state index is 0.121. The molecule has 1 aromatic heterocycles. The zero-order chi connectivity index (χ0) is 10.0. The maximum atomic E-state index is 11.4. The molecule has 0 radical (unpaired) electrons. The molecule has 1 rings (SSSR count). The fourth-order valence-electron chi connectivity index (χ4n) is 0.990. The van der Waals surface area contributed by atoms with Crippen molar-refractivity contribution < 1.29 is 4.79 Å². The van der Waals surface area contributed by atoms with Gasteiger partial charge in [0, 0.05) is 20.5 Å².